The zero-order valence-electron chi connectivity index (χ0n) is 28.2. The smallest absolute Gasteiger partial charge is 0.342 e. The van der Waals surface area contributed by atoms with Crippen LogP contribution >= 0.6 is 0 Å². The quantitative estimate of drug-likeness (QED) is 0.0636. The minimum atomic E-state index is -0.852. The Morgan fingerprint density at radius 1 is 0.511 bits per heavy atom. The Bertz CT molecular complexity index is 1580. The Labute approximate surface area is 274 Å². The minimum absolute atomic E-state index is 0.0226. The van der Waals surface area contributed by atoms with Gasteiger partial charge < -0.3 is 47.4 Å². The third-order valence-corrected chi connectivity index (χ3v) is 6.96. The summed E-state index contributed by atoms with van der Waals surface area (Å²) in [5.74, 6) is 1.43. The van der Waals surface area contributed by atoms with Crippen molar-refractivity contribution in [3.05, 3.63) is 58.7 Å². The Balaban J connectivity index is 2.43. The van der Waals surface area contributed by atoms with E-state index in [0.717, 1.165) is 0 Å². The van der Waals surface area contributed by atoms with Gasteiger partial charge in [0.1, 0.15) is 5.57 Å². The van der Waals surface area contributed by atoms with Crippen LogP contribution in [0.15, 0.2) is 42.0 Å². The molecule has 3 rings (SSSR count). The lowest BCUT2D eigenvalue weighted by molar-refractivity contribution is -0.139. The maximum atomic E-state index is 14.7. The van der Waals surface area contributed by atoms with Crippen LogP contribution in [0.5, 0.6) is 51.7 Å². The summed E-state index contributed by atoms with van der Waals surface area (Å²) in [5.41, 5.74) is 1.04. The van der Waals surface area contributed by atoms with Crippen LogP contribution in [0, 0.1) is 0 Å². The van der Waals surface area contributed by atoms with Crippen molar-refractivity contribution in [2.45, 2.75) is 6.92 Å². The van der Waals surface area contributed by atoms with Crippen LogP contribution < -0.4 is 42.6 Å². The fourth-order valence-corrected chi connectivity index (χ4v) is 4.79. The first-order chi connectivity index (χ1) is 22.7. The molecule has 0 amide bonds. The van der Waals surface area contributed by atoms with Crippen molar-refractivity contribution in [2.24, 2.45) is 0 Å². The van der Waals surface area contributed by atoms with Gasteiger partial charge in [0.15, 0.2) is 34.5 Å². The maximum absolute atomic E-state index is 14.7. The third-order valence-electron chi connectivity index (χ3n) is 6.96. The molecule has 0 fully saturated rings. The third kappa shape index (κ3) is 7.83. The molecule has 0 aliphatic carbocycles. The molecule has 0 aliphatic heterocycles. The number of ketones is 1. The lowest BCUT2D eigenvalue weighted by Gasteiger charge is -2.17. The number of benzene rings is 3. The molecule has 3 aromatic carbocycles. The molecule has 12 heteroatoms. The van der Waals surface area contributed by atoms with Crippen molar-refractivity contribution >= 4 is 29.5 Å². The van der Waals surface area contributed by atoms with E-state index in [1.54, 1.807) is 49.4 Å². The summed E-state index contributed by atoms with van der Waals surface area (Å²) in [4.78, 5) is 28.2. The summed E-state index contributed by atoms with van der Waals surface area (Å²) in [6.07, 6.45) is 2.97. The molecule has 0 saturated heterocycles. The van der Waals surface area contributed by atoms with E-state index in [0.29, 0.717) is 56.9 Å². The standard InChI is InChI=1S/C35H40O12/c1-11-47-35(37)24(13-21-16-27(40-4)33(45-9)28(17-21)41-5)31(36)23(22-18-29(42-6)34(46-10)30(19-22)43-7)12-20-14-25(38-2)32(44-8)26(15-20)39-3/h12-19H,11H2,1-10H3/b23-12+,24-13-. The second kappa shape index (κ2) is 16.7. The van der Waals surface area contributed by atoms with Crippen molar-refractivity contribution in [3.8, 4) is 51.7 Å². The van der Waals surface area contributed by atoms with Crippen LogP contribution in [0.3, 0.4) is 0 Å². The van der Waals surface area contributed by atoms with Crippen molar-refractivity contribution in [2.75, 3.05) is 70.6 Å². The fourth-order valence-electron chi connectivity index (χ4n) is 4.79. The van der Waals surface area contributed by atoms with Crippen LogP contribution in [-0.2, 0) is 14.3 Å². The van der Waals surface area contributed by atoms with E-state index >= 15 is 0 Å². The molecule has 0 aromatic heterocycles. The Morgan fingerprint density at radius 2 is 0.851 bits per heavy atom. The second-order valence-corrected chi connectivity index (χ2v) is 9.50. The molecule has 252 valence electrons. The predicted octanol–water partition coefficient (Wildman–Crippen LogP) is 5.52. The molecule has 0 N–H and O–H groups in total. The van der Waals surface area contributed by atoms with Crippen molar-refractivity contribution in [1.29, 1.82) is 0 Å². The highest BCUT2D eigenvalue weighted by molar-refractivity contribution is 6.41. The van der Waals surface area contributed by atoms with Crippen molar-refractivity contribution in [3.63, 3.8) is 0 Å². The van der Waals surface area contributed by atoms with Crippen LogP contribution in [-0.4, -0.2) is 82.3 Å². The molecule has 47 heavy (non-hydrogen) atoms. The lowest BCUT2D eigenvalue weighted by atomic mass is 9.92. The normalized spacial score (nSPS) is 11.3. The lowest BCUT2D eigenvalue weighted by Crippen LogP contribution is -2.17. The van der Waals surface area contributed by atoms with Crippen LogP contribution in [0.4, 0.5) is 0 Å². The molecular formula is C35H40O12. The van der Waals surface area contributed by atoms with Gasteiger partial charge in [-0.25, -0.2) is 4.79 Å². The fraction of sp³-hybridized carbons (Fsp3) is 0.314. The Morgan fingerprint density at radius 3 is 1.17 bits per heavy atom. The average molecular weight is 653 g/mol. The molecule has 0 bridgehead atoms. The van der Waals surface area contributed by atoms with Crippen LogP contribution in [0.1, 0.15) is 23.6 Å². The van der Waals surface area contributed by atoms with Gasteiger partial charge in [-0.15, -0.1) is 0 Å². The Kier molecular flexibility index (Phi) is 12.8. The Hall–Kier alpha value is -5.52. The maximum Gasteiger partial charge on any atom is 0.342 e. The predicted molar refractivity (Wildman–Crippen MR) is 176 cm³/mol. The average Bonchev–Trinajstić information content (AvgIpc) is 3.10. The van der Waals surface area contributed by atoms with Gasteiger partial charge in [-0.2, -0.15) is 0 Å². The number of hydrogen-bond acceptors (Lipinski definition) is 12. The number of esters is 1. The largest absolute Gasteiger partial charge is 0.493 e. The number of methoxy groups -OCH3 is 9. The second-order valence-electron chi connectivity index (χ2n) is 9.50. The van der Waals surface area contributed by atoms with Crippen molar-refractivity contribution in [1.82, 2.24) is 0 Å². The number of allylic oxidation sites excluding steroid dienone is 1. The van der Waals surface area contributed by atoms with E-state index in [2.05, 4.69) is 0 Å². The summed E-state index contributed by atoms with van der Waals surface area (Å²) in [5, 5.41) is 0. The summed E-state index contributed by atoms with van der Waals surface area (Å²) in [6, 6.07) is 9.75. The zero-order valence-corrected chi connectivity index (χ0v) is 28.2. The van der Waals surface area contributed by atoms with Crippen molar-refractivity contribution < 1.29 is 57.0 Å². The highest BCUT2D eigenvalue weighted by Crippen LogP contribution is 2.43. The van der Waals surface area contributed by atoms with E-state index in [1.165, 1.54) is 70.1 Å². The van der Waals surface area contributed by atoms with E-state index in [4.69, 9.17) is 47.4 Å². The highest BCUT2D eigenvalue weighted by Gasteiger charge is 2.27. The molecular weight excluding hydrogens is 612 g/mol. The first-order valence-corrected chi connectivity index (χ1v) is 14.2. The molecule has 0 radical (unpaired) electrons. The van der Waals surface area contributed by atoms with E-state index < -0.39 is 11.8 Å². The van der Waals surface area contributed by atoms with Gasteiger partial charge >= 0.3 is 5.97 Å². The summed E-state index contributed by atoms with van der Waals surface area (Å²) in [6.45, 7) is 1.67. The highest BCUT2D eigenvalue weighted by atomic mass is 16.5. The summed E-state index contributed by atoms with van der Waals surface area (Å²) < 4.78 is 54.9. The molecule has 0 saturated carbocycles. The molecule has 3 aromatic rings. The van der Waals surface area contributed by atoms with Gasteiger partial charge in [-0.05, 0) is 72.2 Å². The first-order valence-electron chi connectivity index (χ1n) is 14.2. The molecule has 0 spiro atoms. The molecule has 0 aliphatic rings. The molecule has 0 heterocycles. The van der Waals surface area contributed by atoms with E-state index in [-0.39, 0.29) is 29.3 Å². The first kappa shape index (κ1) is 36.0. The van der Waals surface area contributed by atoms with E-state index in [9.17, 15) is 9.59 Å². The number of rotatable bonds is 16. The summed E-state index contributed by atoms with van der Waals surface area (Å²) >= 11 is 0. The van der Waals surface area contributed by atoms with Crippen LogP contribution in [0.25, 0.3) is 17.7 Å². The van der Waals surface area contributed by atoms with Gasteiger partial charge in [0, 0.05) is 5.57 Å². The molecule has 0 unspecified atom stereocenters. The summed E-state index contributed by atoms with van der Waals surface area (Å²) in [7, 11) is 13.2. The minimum Gasteiger partial charge on any atom is -0.493 e. The van der Waals surface area contributed by atoms with Gasteiger partial charge in [0.2, 0.25) is 23.0 Å². The number of Topliss-reactive ketones (excluding diaryl/α,β-unsaturated/α-hetero) is 1. The number of carbonyl (C=O) groups is 2. The SMILES string of the molecule is CCOC(=O)/C(=C\c1cc(OC)c(OC)c(OC)c1)C(=O)/C(=C/c1cc(OC)c(OC)c(OC)c1)c1cc(OC)c(OC)c(OC)c1. The monoisotopic (exact) mass is 652 g/mol. The van der Waals surface area contributed by atoms with E-state index in [1.807, 2.05) is 0 Å². The van der Waals surface area contributed by atoms with Gasteiger partial charge in [-0.3, -0.25) is 4.79 Å². The number of ether oxygens (including phenoxy) is 10. The van der Waals surface area contributed by atoms with Crippen LogP contribution in [0.2, 0.25) is 0 Å². The topological polar surface area (TPSA) is 126 Å². The molecule has 0 atom stereocenters. The molecule has 12 nitrogen and oxygen atoms in total. The van der Waals surface area contributed by atoms with Gasteiger partial charge in [0.25, 0.3) is 0 Å². The number of carbonyl (C=O) groups excluding carboxylic acids is 2. The van der Waals surface area contributed by atoms with Gasteiger partial charge in [0.05, 0.1) is 70.6 Å². The number of hydrogen-bond donors (Lipinski definition) is 0. The van der Waals surface area contributed by atoms with Gasteiger partial charge in [-0.1, -0.05) is 0 Å². The zero-order chi connectivity index (χ0) is 34.7.